The molecule has 0 saturated carbocycles. The van der Waals surface area contributed by atoms with Gasteiger partial charge in [0, 0.05) is 10.4 Å². The first-order chi connectivity index (χ1) is 4.64. The van der Waals surface area contributed by atoms with E-state index >= 15 is 0 Å². The second kappa shape index (κ2) is 7.00. The third-order valence-corrected chi connectivity index (χ3v) is 0.167. The second-order valence-corrected chi connectivity index (χ2v) is 1.80. The predicted octanol–water partition coefficient (Wildman–Crippen LogP) is -4.85. The summed E-state index contributed by atoms with van der Waals surface area (Å²) >= 11 is 0. The number of hydrogen-bond acceptors (Lipinski definition) is 8. The van der Waals surface area contributed by atoms with Gasteiger partial charge in [0.05, 0.1) is 11.9 Å². The summed E-state index contributed by atoms with van der Waals surface area (Å²) in [5.41, 5.74) is 0. The van der Waals surface area contributed by atoms with Crippen LogP contribution in [0.25, 0.3) is 0 Å². The topological polar surface area (TPSA) is 161 Å². The molecule has 0 aromatic carbocycles. The Bertz CT molecular complexity index is 220. The number of carbonyl (C=O) groups excluding carboxylic acids is 2. The van der Waals surface area contributed by atoms with Crippen LogP contribution < -0.4 is 10.2 Å². The summed E-state index contributed by atoms with van der Waals surface area (Å²) in [7, 11) is -5.17. The van der Waals surface area contributed by atoms with Crippen LogP contribution in [-0.2, 0) is 37.1 Å². The Kier molecular flexibility index (Phi) is 10.2. The van der Waals surface area contributed by atoms with Gasteiger partial charge in [0.1, 0.15) is 0 Å². The van der Waals surface area contributed by atoms with E-state index in [0.717, 1.165) is 0 Å². The molecule has 0 bridgehead atoms. The van der Waals surface area contributed by atoms with Gasteiger partial charge in [-0.25, -0.2) is 0 Å². The predicted molar refractivity (Wildman–Crippen MR) is 20.5 cm³/mol. The maximum Gasteiger partial charge on any atom is 4.00 e. The molecule has 0 heterocycles. The number of aliphatic carboxylic acids is 2. The number of carboxylic acid groups (broad SMARTS) is 2. The van der Waals surface area contributed by atoms with Crippen molar-refractivity contribution in [3.8, 4) is 0 Å². The summed E-state index contributed by atoms with van der Waals surface area (Å²) in [6.45, 7) is 0. The van der Waals surface area contributed by atoms with E-state index in [1.54, 1.807) is 0 Å². The molecule has 0 aliphatic rings. The molecule has 0 atom stereocenters. The van der Waals surface area contributed by atoms with Gasteiger partial charge in [-0.3, -0.25) is 8.42 Å². The van der Waals surface area contributed by atoms with Crippen molar-refractivity contribution in [3.63, 3.8) is 0 Å². The summed E-state index contributed by atoms with van der Waals surface area (Å²) in [6.07, 6.45) is 0. The van der Waals surface area contributed by atoms with E-state index in [2.05, 4.69) is 0 Å². The van der Waals surface area contributed by atoms with E-state index in [1.165, 1.54) is 0 Å². The number of carboxylic acids is 2. The standard InChI is InChI=1S/C2H2O4.Fe.H2O4S/c3-1(4)2(5)6;;1-5(2,3)4/h(H,3,4)(H,5,6);;(H2,1,2,3,4)/q;+4;/p-4. The quantitative estimate of drug-likeness (QED) is 0.176. The zero-order valence-electron chi connectivity index (χ0n) is 5.03. The van der Waals surface area contributed by atoms with Crippen molar-refractivity contribution in [2.45, 2.75) is 0 Å². The molecule has 0 spiro atoms. The minimum Gasteiger partial charge on any atom is -0.759 e. The van der Waals surface area contributed by atoms with E-state index in [1.807, 2.05) is 0 Å². The average Bonchev–Trinajstić information content (AvgIpc) is 1.59. The van der Waals surface area contributed by atoms with Gasteiger partial charge in [-0.05, 0) is 0 Å². The van der Waals surface area contributed by atoms with Gasteiger partial charge in [0.2, 0.25) is 0 Å². The zero-order valence-corrected chi connectivity index (χ0v) is 6.95. The number of hydrogen-bond donors (Lipinski definition) is 0. The molecule has 0 amide bonds. The summed E-state index contributed by atoms with van der Waals surface area (Å²) in [4.78, 5) is 17.9. The monoisotopic (exact) mass is 240 g/mol. The Morgan fingerprint density at radius 1 is 0.917 bits per heavy atom. The normalized spacial score (nSPS) is 8.50. The largest absolute Gasteiger partial charge is 4.00 e. The molecule has 0 aliphatic heterocycles. The first-order valence-corrected chi connectivity index (χ1v) is 3.07. The van der Waals surface area contributed by atoms with Crippen molar-refractivity contribution in [2.75, 3.05) is 0 Å². The molecule has 0 aromatic heterocycles. The van der Waals surface area contributed by atoms with Crippen molar-refractivity contribution in [3.05, 3.63) is 0 Å². The Hall–Kier alpha value is -0.671. The fourth-order valence-corrected chi connectivity index (χ4v) is 0. The van der Waals surface area contributed by atoms with E-state index < -0.39 is 22.3 Å². The molecule has 0 N–H and O–H groups in total. The van der Waals surface area contributed by atoms with Gasteiger partial charge in [0.15, 0.2) is 0 Å². The van der Waals surface area contributed by atoms with Crippen LogP contribution in [0.2, 0.25) is 0 Å². The van der Waals surface area contributed by atoms with Crippen LogP contribution >= 0.6 is 0 Å². The number of rotatable bonds is 0. The molecule has 0 aromatic rings. The summed E-state index contributed by atoms with van der Waals surface area (Å²) in [5.74, 6) is -4.37. The van der Waals surface area contributed by atoms with Gasteiger partial charge < -0.3 is 28.9 Å². The first-order valence-electron chi connectivity index (χ1n) is 1.73. The van der Waals surface area contributed by atoms with Crippen LogP contribution in [0.3, 0.4) is 0 Å². The van der Waals surface area contributed by atoms with Crippen LogP contribution in [0.15, 0.2) is 0 Å². The van der Waals surface area contributed by atoms with E-state index in [4.69, 9.17) is 37.3 Å². The fourth-order valence-electron chi connectivity index (χ4n) is 0. The fraction of sp³-hybridized carbons (Fsp3) is 0. The second-order valence-electron chi connectivity index (χ2n) is 0.983. The molecule has 10 heteroatoms. The summed E-state index contributed by atoms with van der Waals surface area (Å²) < 4.78 is 34.1. The molecule has 0 saturated heterocycles. The van der Waals surface area contributed by atoms with E-state index in [-0.39, 0.29) is 17.1 Å². The molecule has 12 heavy (non-hydrogen) atoms. The third kappa shape index (κ3) is 58.4. The van der Waals surface area contributed by atoms with Crippen molar-refractivity contribution >= 4 is 22.3 Å². The van der Waals surface area contributed by atoms with Crippen LogP contribution in [0, 0.1) is 0 Å². The number of carbonyl (C=O) groups is 2. The minimum atomic E-state index is -5.17. The Morgan fingerprint density at radius 3 is 1.00 bits per heavy atom. The molecule has 70 valence electrons. The molecule has 0 unspecified atom stereocenters. The maximum absolute atomic E-state index is 8.93. The Labute approximate surface area is 77.2 Å². The van der Waals surface area contributed by atoms with Crippen molar-refractivity contribution in [1.82, 2.24) is 0 Å². The van der Waals surface area contributed by atoms with Gasteiger partial charge in [-0.15, -0.1) is 0 Å². The molecule has 0 fully saturated rings. The van der Waals surface area contributed by atoms with Crippen LogP contribution in [0.1, 0.15) is 0 Å². The van der Waals surface area contributed by atoms with Crippen LogP contribution in [0.4, 0.5) is 0 Å². The molecule has 8 nitrogen and oxygen atoms in total. The molecular weight excluding hydrogens is 240 g/mol. The third-order valence-electron chi connectivity index (χ3n) is 0.167. The van der Waals surface area contributed by atoms with Crippen LogP contribution in [0.5, 0.6) is 0 Å². The van der Waals surface area contributed by atoms with Crippen molar-refractivity contribution in [2.24, 2.45) is 0 Å². The van der Waals surface area contributed by atoms with E-state index in [0.29, 0.717) is 0 Å². The van der Waals surface area contributed by atoms with Gasteiger partial charge in [0.25, 0.3) is 0 Å². The molecule has 0 aliphatic carbocycles. The SMILES string of the molecule is O=C([O-])C(=O)[O-].O=S(=O)([O-])[O-].[Fe+4]. The first kappa shape index (κ1) is 17.4. The van der Waals surface area contributed by atoms with Crippen LogP contribution in [-0.4, -0.2) is 29.5 Å². The van der Waals surface area contributed by atoms with Gasteiger partial charge in [-0.2, -0.15) is 0 Å². The van der Waals surface area contributed by atoms with Crippen molar-refractivity contribution in [1.29, 1.82) is 0 Å². The molecule has 0 radical (unpaired) electrons. The van der Waals surface area contributed by atoms with Gasteiger partial charge >= 0.3 is 17.1 Å². The van der Waals surface area contributed by atoms with E-state index in [9.17, 15) is 0 Å². The van der Waals surface area contributed by atoms with Crippen molar-refractivity contribution < 1.29 is 54.4 Å². The smallest absolute Gasteiger partial charge is 0.759 e. The summed E-state index contributed by atoms with van der Waals surface area (Å²) in [6, 6.07) is 0. The van der Waals surface area contributed by atoms with Gasteiger partial charge in [-0.1, -0.05) is 0 Å². The molecular formula is C2FeO8S. The maximum atomic E-state index is 8.93. The Balaban J connectivity index is -0.000000126. The summed E-state index contributed by atoms with van der Waals surface area (Å²) in [5, 5.41) is 17.9. The zero-order chi connectivity index (χ0) is 9.65. The molecule has 0 rings (SSSR count). The minimum absolute atomic E-state index is 0. The average molecular weight is 240 g/mol. The Morgan fingerprint density at radius 2 is 1.00 bits per heavy atom.